The van der Waals surface area contributed by atoms with Crippen molar-refractivity contribution >= 4 is 26.0 Å². The minimum atomic E-state index is -3.42. The molecule has 5 heteroatoms. The average molecular weight is 334 g/mol. The van der Waals surface area contributed by atoms with Crippen LogP contribution >= 0.6 is 15.9 Å². The van der Waals surface area contributed by atoms with Crippen molar-refractivity contribution in [2.45, 2.75) is 49.9 Å². The van der Waals surface area contributed by atoms with Gasteiger partial charge in [0.25, 0.3) is 0 Å². The molecule has 0 fully saturated rings. The summed E-state index contributed by atoms with van der Waals surface area (Å²) < 4.78 is 27.2. The highest BCUT2D eigenvalue weighted by atomic mass is 79.9. The first-order valence-corrected chi connectivity index (χ1v) is 8.36. The fourth-order valence-corrected chi connectivity index (χ4v) is 4.01. The van der Waals surface area contributed by atoms with Gasteiger partial charge in [0, 0.05) is 10.9 Å². The van der Waals surface area contributed by atoms with Crippen molar-refractivity contribution in [2.24, 2.45) is 0 Å². The second-order valence-corrected chi connectivity index (χ2v) is 8.05. The van der Waals surface area contributed by atoms with Gasteiger partial charge in [-0.2, -0.15) is 0 Å². The second-order valence-electron chi connectivity index (χ2n) is 4.81. The van der Waals surface area contributed by atoms with Crippen LogP contribution in [0.15, 0.2) is 23.1 Å². The Morgan fingerprint density at radius 1 is 1.28 bits per heavy atom. The number of aryl methyl sites for hydroxylation is 2. The van der Waals surface area contributed by atoms with Crippen LogP contribution in [0.1, 0.15) is 31.4 Å². The summed E-state index contributed by atoms with van der Waals surface area (Å²) in [5.41, 5.74) is 1.84. The van der Waals surface area contributed by atoms with Crippen LogP contribution in [-0.4, -0.2) is 19.3 Å². The largest absolute Gasteiger partial charge is 0.241 e. The van der Waals surface area contributed by atoms with Gasteiger partial charge >= 0.3 is 0 Å². The van der Waals surface area contributed by atoms with Gasteiger partial charge in [-0.25, -0.2) is 13.1 Å². The second kappa shape index (κ2) is 6.17. The highest BCUT2D eigenvalue weighted by Crippen LogP contribution is 2.17. The Kier molecular flexibility index (Phi) is 5.37. The van der Waals surface area contributed by atoms with Crippen LogP contribution in [0.25, 0.3) is 0 Å². The van der Waals surface area contributed by atoms with E-state index in [9.17, 15) is 8.42 Å². The number of hydrogen-bond acceptors (Lipinski definition) is 2. The van der Waals surface area contributed by atoms with Crippen LogP contribution in [0, 0.1) is 13.8 Å². The first-order chi connectivity index (χ1) is 8.22. The van der Waals surface area contributed by atoms with Gasteiger partial charge in [0.1, 0.15) is 0 Å². The maximum atomic E-state index is 12.2. The molecule has 2 atom stereocenters. The summed E-state index contributed by atoms with van der Waals surface area (Å²) >= 11 is 3.43. The standard InChI is InChI=1S/C13H20BrNO2S/c1-9-5-6-13(10(2)7-9)18(16,17)15-12(4)8-11(3)14/h5-7,11-12,15H,8H2,1-4H3. The molecule has 0 heterocycles. The van der Waals surface area contributed by atoms with Gasteiger partial charge in [-0.05, 0) is 38.8 Å². The van der Waals surface area contributed by atoms with Crippen molar-refractivity contribution in [1.82, 2.24) is 4.72 Å². The van der Waals surface area contributed by atoms with Crippen molar-refractivity contribution in [3.05, 3.63) is 29.3 Å². The summed E-state index contributed by atoms with van der Waals surface area (Å²) in [6.07, 6.45) is 0.754. The van der Waals surface area contributed by atoms with Crippen molar-refractivity contribution in [2.75, 3.05) is 0 Å². The van der Waals surface area contributed by atoms with Crippen LogP contribution in [0.5, 0.6) is 0 Å². The summed E-state index contributed by atoms with van der Waals surface area (Å²) in [6, 6.07) is 5.27. The van der Waals surface area contributed by atoms with E-state index in [0.29, 0.717) is 4.90 Å². The molecule has 3 nitrogen and oxygen atoms in total. The van der Waals surface area contributed by atoms with E-state index >= 15 is 0 Å². The van der Waals surface area contributed by atoms with E-state index in [1.165, 1.54) is 0 Å². The zero-order valence-electron chi connectivity index (χ0n) is 11.2. The van der Waals surface area contributed by atoms with Crippen LogP contribution < -0.4 is 4.72 Å². The van der Waals surface area contributed by atoms with Gasteiger partial charge in [-0.1, -0.05) is 40.5 Å². The third-order valence-electron chi connectivity index (χ3n) is 2.65. The van der Waals surface area contributed by atoms with E-state index < -0.39 is 10.0 Å². The summed E-state index contributed by atoms with van der Waals surface area (Å²) in [4.78, 5) is 0.650. The molecule has 0 aliphatic carbocycles. The molecule has 1 aromatic carbocycles. The highest BCUT2D eigenvalue weighted by Gasteiger charge is 2.19. The number of alkyl halides is 1. The molecule has 0 spiro atoms. The summed E-state index contributed by atoms with van der Waals surface area (Å²) in [7, 11) is -3.42. The molecule has 0 saturated carbocycles. The summed E-state index contributed by atoms with van der Waals surface area (Å²) in [6.45, 7) is 7.64. The maximum Gasteiger partial charge on any atom is 0.241 e. The fourth-order valence-electron chi connectivity index (χ4n) is 1.96. The zero-order chi connectivity index (χ0) is 13.9. The molecule has 0 aliphatic heterocycles. The molecule has 1 rings (SSSR count). The number of nitrogens with one attached hydrogen (secondary N) is 1. The van der Waals surface area contributed by atoms with Crippen LogP contribution in [0.4, 0.5) is 0 Å². The van der Waals surface area contributed by atoms with E-state index in [0.717, 1.165) is 17.5 Å². The van der Waals surface area contributed by atoms with Crippen molar-refractivity contribution in [3.63, 3.8) is 0 Å². The quantitative estimate of drug-likeness (QED) is 0.841. The Balaban J connectivity index is 2.93. The third kappa shape index (κ3) is 4.37. The lowest BCUT2D eigenvalue weighted by molar-refractivity contribution is 0.547. The van der Waals surface area contributed by atoms with Gasteiger partial charge in [-0.15, -0.1) is 0 Å². The van der Waals surface area contributed by atoms with E-state index in [1.54, 1.807) is 6.07 Å². The zero-order valence-corrected chi connectivity index (χ0v) is 13.6. The normalized spacial score (nSPS) is 15.4. The van der Waals surface area contributed by atoms with Gasteiger partial charge < -0.3 is 0 Å². The topological polar surface area (TPSA) is 46.2 Å². The Labute approximate surface area is 118 Å². The lowest BCUT2D eigenvalue weighted by atomic mass is 10.2. The lowest BCUT2D eigenvalue weighted by Crippen LogP contribution is -2.34. The molecular weight excluding hydrogens is 314 g/mol. The smallest absolute Gasteiger partial charge is 0.208 e. The minimum Gasteiger partial charge on any atom is -0.208 e. The molecule has 102 valence electrons. The SMILES string of the molecule is Cc1ccc(S(=O)(=O)NC(C)CC(C)Br)c(C)c1. The van der Waals surface area contributed by atoms with Crippen molar-refractivity contribution in [1.29, 1.82) is 0 Å². The lowest BCUT2D eigenvalue weighted by Gasteiger charge is -2.16. The minimum absolute atomic E-state index is 0.0925. The molecule has 0 bridgehead atoms. The molecule has 2 unspecified atom stereocenters. The van der Waals surface area contributed by atoms with Gasteiger partial charge in [0.05, 0.1) is 4.90 Å². The molecule has 1 aromatic rings. The molecule has 18 heavy (non-hydrogen) atoms. The number of halogens is 1. The maximum absolute atomic E-state index is 12.2. The van der Waals surface area contributed by atoms with Gasteiger partial charge in [-0.3, -0.25) is 0 Å². The van der Waals surface area contributed by atoms with Gasteiger partial charge in [0.15, 0.2) is 0 Å². The van der Waals surface area contributed by atoms with Crippen molar-refractivity contribution < 1.29 is 8.42 Å². The third-order valence-corrected chi connectivity index (χ3v) is 4.78. The molecule has 0 aromatic heterocycles. The first kappa shape index (κ1) is 15.7. The fraction of sp³-hybridized carbons (Fsp3) is 0.538. The van der Waals surface area contributed by atoms with E-state index in [-0.39, 0.29) is 10.9 Å². The Bertz CT molecular complexity index is 512. The predicted molar refractivity (Wildman–Crippen MR) is 78.7 cm³/mol. The number of hydrogen-bond donors (Lipinski definition) is 1. The van der Waals surface area contributed by atoms with Crippen LogP contribution in [0.2, 0.25) is 0 Å². The molecular formula is C13H20BrNO2S. The van der Waals surface area contributed by atoms with E-state index in [4.69, 9.17) is 0 Å². The van der Waals surface area contributed by atoms with Gasteiger partial charge in [0.2, 0.25) is 10.0 Å². The van der Waals surface area contributed by atoms with Crippen LogP contribution in [0.3, 0.4) is 0 Å². The van der Waals surface area contributed by atoms with E-state index in [2.05, 4.69) is 20.7 Å². The molecule has 1 N–H and O–H groups in total. The molecule has 0 radical (unpaired) electrons. The number of rotatable bonds is 5. The monoisotopic (exact) mass is 333 g/mol. The molecule has 0 aliphatic rings. The Hall–Kier alpha value is -0.390. The average Bonchev–Trinajstić information content (AvgIpc) is 2.13. The Morgan fingerprint density at radius 3 is 2.39 bits per heavy atom. The first-order valence-electron chi connectivity index (χ1n) is 5.96. The summed E-state index contributed by atoms with van der Waals surface area (Å²) in [5.74, 6) is 0. The molecule has 0 amide bonds. The van der Waals surface area contributed by atoms with Crippen molar-refractivity contribution in [3.8, 4) is 0 Å². The highest BCUT2D eigenvalue weighted by molar-refractivity contribution is 9.09. The van der Waals surface area contributed by atoms with Crippen LogP contribution in [-0.2, 0) is 10.0 Å². The Morgan fingerprint density at radius 2 is 1.89 bits per heavy atom. The summed E-state index contributed by atoms with van der Waals surface area (Å²) in [5, 5.41) is 0. The number of sulfonamides is 1. The molecule has 0 saturated heterocycles. The van der Waals surface area contributed by atoms with E-state index in [1.807, 2.05) is 39.8 Å². The predicted octanol–water partition coefficient (Wildman–Crippen LogP) is 3.14. The number of benzene rings is 1.